The van der Waals surface area contributed by atoms with Gasteiger partial charge < -0.3 is 31.0 Å². The number of fused-ring (bicyclic) bond motifs is 1. The smallest absolute Gasteiger partial charge is 0.326 e. The first-order chi connectivity index (χ1) is 10.3. The minimum absolute atomic E-state index is 0.0865. The highest BCUT2D eigenvalue weighted by Gasteiger charge is 2.53. The third-order valence-corrected chi connectivity index (χ3v) is 4.10. The highest BCUT2D eigenvalue weighted by Crippen LogP contribution is 2.33. The van der Waals surface area contributed by atoms with Crippen molar-refractivity contribution < 1.29 is 15.3 Å². The van der Waals surface area contributed by atoms with Crippen molar-refractivity contribution >= 4 is 11.0 Å². The van der Waals surface area contributed by atoms with Crippen LogP contribution < -0.4 is 22.3 Å². The van der Waals surface area contributed by atoms with Gasteiger partial charge in [-0.25, -0.2) is 4.79 Å². The molecule has 5 atom stereocenters. The van der Waals surface area contributed by atoms with Gasteiger partial charge >= 0.3 is 5.69 Å². The molecule has 2 aromatic heterocycles. The number of aliphatic hydroxyl groups is 3. The number of nitrogens with one attached hydrogen (secondary N) is 4. The minimum Gasteiger partial charge on any atom is -0.392 e. The van der Waals surface area contributed by atoms with Crippen LogP contribution in [0.5, 0.6) is 0 Å². The normalized spacial score (nSPS) is 33.4. The zero-order valence-corrected chi connectivity index (χ0v) is 11.6. The van der Waals surface area contributed by atoms with Gasteiger partial charge in [-0.05, 0) is 6.92 Å². The molecule has 2 aromatic rings. The maximum atomic E-state index is 11.7. The number of nitrogens with two attached hydrogens (primary N) is 1. The van der Waals surface area contributed by atoms with Crippen LogP contribution >= 0.6 is 0 Å². The summed E-state index contributed by atoms with van der Waals surface area (Å²) in [6.45, 7) is 1.45. The molecule has 10 heteroatoms. The van der Waals surface area contributed by atoms with Gasteiger partial charge in [-0.1, -0.05) is 0 Å². The molecule has 0 saturated carbocycles. The Bertz CT molecular complexity index is 823. The average Bonchev–Trinajstić information content (AvgIpc) is 2.95. The summed E-state index contributed by atoms with van der Waals surface area (Å²) in [6.07, 6.45) is -2.37. The molecule has 22 heavy (non-hydrogen) atoms. The Kier molecular flexibility index (Phi) is 3.23. The number of hydrogen-bond donors (Lipinski definition) is 8. The molecule has 0 aliphatic carbocycles. The van der Waals surface area contributed by atoms with Crippen molar-refractivity contribution in [1.29, 1.82) is 0 Å². The van der Waals surface area contributed by atoms with Crippen molar-refractivity contribution in [3.8, 4) is 0 Å². The molecule has 1 saturated heterocycles. The first-order valence-electron chi connectivity index (χ1n) is 6.70. The van der Waals surface area contributed by atoms with E-state index in [-0.39, 0.29) is 16.6 Å². The van der Waals surface area contributed by atoms with E-state index in [4.69, 9.17) is 5.73 Å². The van der Waals surface area contributed by atoms with Crippen LogP contribution in [0.3, 0.4) is 0 Å². The van der Waals surface area contributed by atoms with Gasteiger partial charge in [0.15, 0.2) is 0 Å². The summed E-state index contributed by atoms with van der Waals surface area (Å²) in [5.74, 6) is 0. The zero-order chi connectivity index (χ0) is 16.2. The van der Waals surface area contributed by atoms with Crippen LogP contribution in [0.1, 0.15) is 12.5 Å². The standard InChI is InChI=1S/C12H17N5O5/c1-3(18)5-8(19)9(20)12(13,17-5)4-2-14-7-6(4)15-11(22)16-10(7)21/h2-3,5,8-9,14,17-20H,13H2,1H3,(H2,15,16,21,22)/t3?,5-,8-,9-,12+/m1/s1. The zero-order valence-electron chi connectivity index (χ0n) is 11.6. The molecule has 1 unspecified atom stereocenters. The van der Waals surface area contributed by atoms with E-state index in [0.29, 0.717) is 0 Å². The topological polar surface area (TPSA) is 180 Å². The first-order valence-corrected chi connectivity index (χ1v) is 6.70. The summed E-state index contributed by atoms with van der Waals surface area (Å²) < 4.78 is 0. The Morgan fingerprint density at radius 3 is 2.55 bits per heavy atom. The Labute approximate surface area is 123 Å². The lowest BCUT2D eigenvalue weighted by atomic mass is 9.95. The highest BCUT2D eigenvalue weighted by atomic mass is 16.3. The van der Waals surface area contributed by atoms with Gasteiger partial charge in [0.25, 0.3) is 5.56 Å². The van der Waals surface area contributed by atoms with Gasteiger partial charge in [0.1, 0.15) is 23.4 Å². The fourth-order valence-electron chi connectivity index (χ4n) is 2.92. The molecule has 1 fully saturated rings. The summed E-state index contributed by atoms with van der Waals surface area (Å²) in [4.78, 5) is 30.4. The number of rotatable bonds is 2. The van der Waals surface area contributed by atoms with Gasteiger partial charge in [-0.15, -0.1) is 0 Å². The Hall–Kier alpha value is -1.98. The van der Waals surface area contributed by atoms with Crippen molar-refractivity contribution in [1.82, 2.24) is 20.3 Å². The van der Waals surface area contributed by atoms with Crippen LogP contribution in [0.2, 0.25) is 0 Å². The van der Waals surface area contributed by atoms with Crippen molar-refractivity contribution in [3.63, 3.8) is 0 Å². The maximum absolute atomic E-state index is 11.7. The minimum atomic E-state index is -1.64. The van der Waals surface area contributed by atoms with Gasteiger partial charge in [0.2, 0.25) is 0 Å². The van der Waals surface area contributed by atoms with E-state index in [1.807, 2.05) is 0 Å². The largest absolute Gasteiger partial charge is 0.392 e. The monoisotopic (exact) mass is 311 g/mol. The van der Waals surface area contributed by atoms with E-state index < -0.39 is 41.3 Å². The van der Waals surface area contributed by atoms with E-state index in [1.165, 1.54) is 13.1 Å². The van der Waals surface area contributed by atoms with Crippen molar-refractivity contribution in [2.45, 2.75) is 36.9 Å². The molecule has 9 N–H and O–H groups in total. The van der Waals surface area contributed by atoms with E-state index in [1.54, 1.807) is 0 Å². The number of hydrogen-bond acceptors (Lipinski definition) is 7. The molecule has 0 aromatic carbocycles. The van der Waals surface area contributed by atoms with E-state index in [0.717, 1.165) is 0 Å². The molecule has 0 spiro atoms. The lowest BCUT2D eigenvalue weighted by Gasteiger charge is -2.28. The van der Waals surface area contributed by atoms with Crippen LogP contribution in [-0.4, -0.2) is 54.6 Å². The maximum Gasteiger partial charge on any atom is 0.326 e. The van der Waals surface area contributed by atoms with Gasteiger partial charge in [-0.3, -0.25) is 15.1 Å². The predicted octanol–water partition coefficient (Wildman–Crippen LogP) is -3.27. The second-order valence-corrected chi connectivity index (χ2v) is 5.58. The Morgan fingerprint density at radius 1 is 1.27 bits per heavy atom. The van der Waals surface area contributed by atoms with Crippen molar-refractivity contribution in [3.05, 3.63) is 32.6 Å². The second kappa shape index (κ2) is 4.76. The summed E-state index contributed by atoms with van der Waals surface area (Å²) in [7, 11) is 0. The molecule has 1 aliphatic heterocycles. The Morgan fingerprint density at radius 2 is 1.95 bits per heavy atom. The SMILES string of the molecule is CC(O)[C@H]1N[C@@](N)(c2c[nH]c3c(=O)[nH]c(=O)[nH]c23)[C@H](O)[C@@H]1O. The van der Waals surface area contributed by atoms with Crippen LogP contribution in [0, 0.1) is 0 Å². The van der Waals surface area contributed by atoms with Crippen LogP contribution in [-0.2, 0) is 5.66 Å². The number of aromatic amines is 3. The Balaban J connectivity index is 2.19. The summed E-state index contributed by atoms with van der Waals surface area (Å²) in [5, 5.41) is 32.7. The first kappa shape index (κ1) is 14.9. The van der Waals surface area contributed by atoms with Crippen LogP contribution in [0.25, 0.3) is 11.0 Å². The number of H-pyrrole nitrogens is 3. The molecule has 0 bridgehead atoms. The molecule has 3 heterocycles. The van der Waals surface area contributed by atoms with Crippen LogP contribution in [0.15, 0.2) is 15.8 Å². The molecule has 3 rings (SSSR count). The highest BCUT2D eigenvalue weighted by molar-refractivity contribution is 5.79. The molecule has 1 aliphatic rings. The fraction of sp³-hybridized carbons (Fsp3) is 0.500. The summed E-state index contributed by atoms with van der Waals surface area (Å²) >= 11 is 0. The predicted molar refractivity (Wildman–Crippen MR) is 76.0 cm³/mol. The lowest BCUT2D eigenvalue weighted by molar-refractivity contribution is -0.00922. The number of aliphatic hydroxyl groups excluding tert-OH is 3. The van der Waals surface area contributed by atoms with Crippen molar-refractivity contribution in [2.24, 2.45) is 5.73 Å². The summed E-state index contributed by atoms with van der Waals surface area (Å²) in [6, 6.07) is -0.862. The lowest BCUT2D eigenvalue weighted by Crippen LogP contribution is -2.55. The molecule has 120 valence electrons. The van der Waals surface area contributed by atoms with Gasteiger partial charge in [0, 0.05) is 11.8 Å². The molecule has 0 amide bonds. The molecular weight excluding hydrogens is 294 g/mol. The van der Waals surface area contributed by atoms with E-state index in [2.05, 4.69) is 20.3 Å². The number of aromatic nitrogens is 3. The van der Waals surface area contributed by atoms with Gasteiger partial charge in [-0.2, -0.15) is 0 Å². The molecule has 0 radical (unpaired) electrons. The fourth-order valence-corrected chi connectivity index (χ4v) is 2.92. The van der Waals surface area contributed by atoms with Crippen LogP contribution in [0.4, 0.5) is 0 Å². The third kappa shape index (κ3) is 1.93. The van der Waals surface area contributed by atoms with E-state index in [9.17, 15) is 24.9 Å². The van der Waals surface area contributed by atoms with Crippen molar-refractivity contribution in [2.75, 3.05) is 0 Å². The van der Waals surface area contributed by atoms with E-state index >= 15 is 0 Å². The quantitative estimate of drug-likeness (QED) is 0.286. The average molecular weight is 311 g/mol. The molecule has 10 nitrogen and oxygen atoms in total. The van der Waals surface area contributed by atoms with Gasteiger partial charge in [0.05, 0.1) is 17.7 Å². The second-order valence-electron chi connectivity index (χ2n) is 5.58. The third-order valence-electron chi connectivity index (χ3n) is 4.10. The molecular formula is C12H17N5O5. The summed E-state index contributed by atoms with van der Waals surface area (Å²) in [5.41, 5.74) is 3.59.